The Morgan fingerprint density at radius 2 is 0.696 bits per heavy atom. The van der Waals surface area contributed by atoms with E-state index in [1.165, 1.54) is 94.3 Å². The van der Waals surface area contributed by atoms with Gasteiger partial charge in [0.2, 0.25) is 0 Å². The van der Waals surface area contributed by atoms with Gasteiger partial charge in [-0.05, 0) is 68.4 Å². The molecule has 0 nitrogen and oxygen atoms in total. The van der Waals surface area contributed by atoms with Crippen molar-refractivity contribution in [3.8, 4) is 44.5 Å². The second kappa shape index (κ2) is 10.5. The minimum atomic E-state index is 1.26. The molecule has 4 aromatic heterocycles. The maximum atomic E-state index is 2.38. The Morgan fingerprint density at radius 3 is 1.15 bits per heavy atom. The first-order chi connectivity index (χ1) is 22.8. The van der Waals surface area contributed by atoms with Crippen LogP contribution in [0.4, 0.5) is 0 Å². The van der Waals surface area contributed by atoms with Gasteiger partial charge in [0, 0.05) is 51.5 Å². The SMILES string of the molecule is c1ccc2c(-c3ccc(-c4ccc5c(c4)sc4c6ccc(-c7ccc(-c8csc9ccccc89)cc7)cc6sc54)cc3)csc2c1. The molecule has 0 atom stereocenters. The van der Waals surface area contributed by atoms with Gasteiger partial charge in [-0.1, -0.05) is 109 Å². The van der Waals surface area contributed by atoms with E-state index in [1.807, 2.05) is 45.3 Å². The highest BCUT2D eigenvalue weighted by Crippen LogP contribution is 2.46. The normalized spacial score (nSPS) is 11.9. The number of thiophene rings is 4. The van der Waals surface area contributed by atoms with Crippen molar-refractivity contribution in [1.29, 1.82) is 0 Å². The molecular formula is C42H24S4. The van der Waals surface area contributed by atoms with Gasteiger partial charge in [0.25, 0.3) is 0 Å². The van der Waals surface area contributed by atoms with Crippen molar-refractivity contribution in [2.24, 2.45) is 0 Å². The smallest absolute Gasteiger partial charge is 0.0542 e. The summed E-state index contributed by atoms with van der Waals surface area (Å²) in [7, 11) is 0. The van der Waals surface area contributed by atoms with Crippen LogP contribution >= 0.6 is 45.3 Å². The lowest BCUT2D eigenvalue weighted by Gasteiger charge is -2.05. The maximum absolute atomic E-state index is 2.38. The molecule has 0 amide bonds. The molecule has 0 aliphatic carbocycles. The standard InChI is InChI=1S/C42H24S4/c1-3-7-37-31(5-1)35(23-43-37)27-13-9-25(10-14-27)29-17-19-33-39(21-29)45-42-34-20-18-30(22-40(34)46-41(33)42)26-11-15-28(16-12-26)36-24-44-38-8-4-2-6-32(36)38/h1-24H. The van der Waals surface area contributed by atoms with Crippen LogP contribution in [0.5, 0.6) is 0 Å². The molecule has 0 bridgehead atoms. The zero-order chi connectivity index (χ0) is 30.2. The quantitative estimate of drug-likeness (QED) is 0.177. The predicted octanol–water partition coefficient (Wildman–Crippen LogP) is 14.4. The lowest BCUT2D eigenvalue weighted by atomic mass is 9.99. The molecule has 4 heterocycles. The molecule has 0 unspecified atom stereocenters. The van der Waals surface area contributed by atoms with Crippen LogP contribution in [-0.2, 0) is 0 Å². The highest BCUT2D eigenvalue weighted by molar-refractivity contribution is 7.36. The lowest BCUT2D eigenvalue weighted by molar-refractivity contribution is 1.64. The Bertz CT molecular complexity index is 2540. The van der Waals surface area contributed by atoms with E-state index in [1.54, 1.807) is 0 Å². The van der Waals surface area contributed by atoms with E-state index >= 15 is 0 Å². The predicted molar refractivity (Wildman–Crippen MR) is 207 cm³/mol. The highest BCUT2D eigenvalue weighted by atomic mass is 32.1. The molecule has 6 aromatic carbocycles. The second-order valence-electron chi connectivity index (χ2n) is 11.7. The van der Waals surface area contributed by atoms with E-state index in [9.17, 15) is 0 Å². The molecule has 4 heteroatoms. The van der Waals surface area contributed by atoms with Gasteiger partial charge in [0.05, 0.1) is 9.40 Å². The van der Waals surface area contributed by atoms with Crippen LogP contribution in [0.15, 0.2) is 144 Å². The van der Waals surface area contributed by atoms with Crippen LogP contribution in [0, 0.1) is 0 Å². The first-order valence-corrected chi connectivity index (χ1v) is 18.7. The summed E-state index contributed by atoms with van der Waals surface area (Å²) in [4.78, 5) is 0. The van der Waals surface area contributed by atoms with Crippen molar-refractivity contribution in [1.82, 2.24) is 0 Å². The Morgan fingerprint density at radius 1 is 0.304 bits per heavy atom. The average Bonchev–Trinajstić information content (AvgIpc) is 3.90. The van der Waals surface area contributed by atoms with Gasteiger partial charge < -0.3 is 0 Å². The third-order valence-electron chi connectivity index (χ3n) is 9.10. The molecule has 216 valence electrons. The fourth-order valence-electron chi connectivity index (χ4n) is 6.70. The minimum absolute atomic E-state index is 1.26. The highest BCUT2D eigenvalue weighted by Gasteiger charge is 2.15. The molecular weight excluding hydrogens is 633 g/mol. The van der Waals surface area contributed by atoms with Crippen molar-refractivity contribution in [3.63, 3.8) is 0 Å². The molecule has 0 radical (unpaired) electrons. The van der Waals surface area contributed by atoms with E-state index in [-0.39, 0.29) is 0 Å². The molecule has 0 saturated carbocycles. The number of benzene rings is 6. The summed E-state index contributed by atoms with van der Waals surface area (Å²) in [5.41, 5.74) is 10.3. The van der Waals surface area contributed by atoms with Gasteiger partial charge in [-0.25, -0.2) is 0 Å². The zero-order valence-electron chi connectivity index (χ0n) is 24.5. The summed E-state index contributed by atoms with van der Waals surface area (Å²) in [6.45, 7) is 0. The Kier molecular flexibility index (Phi) is 6.06. The van der Waals surface area contributed by atoms with Crippen molar-refractivity contribution >= 4 is 95.1 Å². The fourth-order valence-corrected chi connectivity index (χ4v) is 11.4. The maximum Gasteiger partial charge on any atom is 0.0542 e. The average molecular weight is 657 g/mol. The van der Waals surface area contributed by atoms with E-state index in [2.05, 4.69) is 144 Å². The molecule has 0 N–H and O–H groups in total. The van der Waals surface area contributed by atoms with Crippen LogP contribution in [0.25, 0.3) is 94.3 Å². The molecule has 0 fully saturated rings. The van der Waals surface area contributed by atoms with E-state index in [0.29, 0.717) is 0 Å². The molecule has 0 saturated heterocycles. The summed E-state index contributed by atoms with van der Waals surface area (Å²) in [5.74, 6) is 0. The van der Waals surface area contributed by atoms with Crippen LogP contribution in [0.3, 0.4) is 0 Å². The topological polar surface area (TPSA) is 0 Å². The third-order valence-corrected chi connectivity index (χ3v) is 13.5. The number of fused-ring (bicyclic) bond motifs is 7. The Hall–Kier alpha value is -4.58. The monoisotopic (exact) mass is 656 g/mol. The van der Waals surface area contributed by atoms with Gasteiger partial charge in [0.15, 0.2) is 0 Å². The first kappa shape index (κ1) is 26.6. The third kappa shape index (κ3) is 4.22. The Balaban J connectivity index is 0.962. The largest absolute Gasteiger partial charge is 0.143 e. The van der Waals surface area contributed by atoms with Gasteiger partial charge in [-0.2, -0.15) is 0 Å². The van der Waals surface area contributed by atoms with Crippen LogP contribution in [-0.4, -0.2) is 0 Å². The van der Waals surface area contributed by atoms with Crippen molar-refractivity contribution in [2.75, 3.05) is 0 Å². The van der Waals surface area contributed by atoms with Crippen LogP contribution < -0.4 is 0 Å². The summed E-state index contributed by atoms with van der Waals surface area (Å²) in [6.07, 6.45) is 0. The number of hydrogen-bond acceptors (Lipinski definition) is 4. The molecule has 10 rings (SSSR count). The van der Waals surface area contributed by atoms with Crippen molar-refractivity contribution in [2.45, 2.75) is 0 Å². The lowest BCUT2D eigenvalue weighted by Crippen LogP contribution is -1.80. The fraction of sp³-hybridized carbons (Fsp3) is 0. The summed E-state index contributed by atoms with van der Waals surface area (Å²) in [5, 5.41) is 9.95. The molecule has 10 aromatic rings. The van der Waals surface area contributed by atoms with Gasteiger partial charge in [-0.15, -0.1) is 45.3 Å². The number of hydrogen-bond donors (Lipinski definition) is 0. The molecule has 0 spiro atoms. The molecule has 0 aliphatic rings. The second-order valence-corrected chi connectivity index (χ2v) is 15.7. The van der Waals surface area contributed by atoms with Gasteiger partial charge in [0.1, 0.15) is 0 Å². The number of rotatable bonds is 4. The zero-order valence-corrected chi connectivity index (χ0v) is 27.8. The minimum Gasteiger partial charge on any atom is -0.143 e. The van der Waals surface area contributed by atoms with Gasteiger partial charge in [-0.3, -0.25) is 0 Å². The van der Waals surface area contributed by atoms with Crippen molar-refractivity contribution in [3.05, 3.63) is 144 Å². The molecule has 46 heavy (non-hydrogen) atoms. The van der Waals surface area contributed by atoms with E-state index in [0.717, 1.165) is 0 Å². The van der Waals surface area contributed by atoms with Crippen molar-refractivity contribution < 1.29 is 0 Å². The van der Waals surface area contributed by atoms with Crippen LogP contribution in [0.1, 0.15) is 0 Å². The molecule has 0 aliphatic heterocycles. The van der Waals surface area contributed by atoms with Crippen LogP contribution in [0.2, 0.25) is 0 Å². The summed E-state index contributed by atoms with van der Waals surface area (Å²) >= 11 is 7.48. The first-order valence-electron chi connectivity index (χ1n) is 15.3. The van der Waals surface area contributed by atoms with Gasteiger partial charge >= 0.3 is 0 Å². The summed E-state index contributed by atoms with van der Waals surface area (Å²) < 4.78 is 8.19. The van der Waals surface area contributed by atoms with E-state index < -0.39 is 0 Å². The Labute approximate surface area is 282 Å². The summed E-state index contributed by atoms with van der Waals surface area (Å²) in [6, 6.07) is 49.5. The van der Waals surface area contributed by atoms with E-state index in [4.69, 9.17) is 0 Å².